The van der Waals surface area contributed by atoms with Crippen LogP contribution in [0.2, 0.25) is 0 Å². The lowest BCUT2D eigenvalue weighted by Crippen LogP contribution is -2.10. The number of aromatic hydroxyl groups is 1. The topological polar surface area (TPSA) is 106 Å². The van der Waals surface area contributed by atoms with Gasteiger partial charge in [0.25, 0.3) is 0 Å². The second-order valence-electron chi connectivity index (χ2n) is 3.59. The third-order valence-electron chi connectivity index (χ3n) is 2.38. The fourth-order valence-corrected chi connectivity index (χ4v) is 1.60. The lowest BCUT2D eigenvalue weighted by atomic mass is 10.2. The van der Waals surface area contributed by atoms with E-state index in [2.05, 4.69) is 0 Å². The van der Waals surface area contributed by atoms with Crippen LogP contribution in [0.3, 0.4) is 0 Å². The Balaban J connectivity index is 2.62. The minimum Gasteiger partial charge on any atom is -0.504 e. The first-order chi connectivity index (χ1) is 9.04. The van der Waals surface area contributed by atoms with Crippen LogP contribution < -0.4 is 15.1 Å². The van der Waals surface area contributed by atoms with Crippen molar-refractivity contribution in [3.63, 3.8) is 0 Å². The van der Waals surface area contributed by atoms with Crippen molar-refractivity contribution in [2.45, 2.75) is 0 Å². The number of carboxylic acids is 1. The molecule has 1 heterocycles. The summed E-state index contributed by atoms with van der Waals surface area (Å²) in [6.45, 7) is -0.588. The first kappa shape index (κ1) is 12.7. The first-order valence-corrected chi connectivity index (χ1v) is 5.22. The molecule has 2 rings (SSSR count). The standard InChI is InChI=1S/C12H10O7/c1-17-11-9(15)6-3-2-4-7(18-5-8(13)14)10(6)19-12(11)16/h2-4,15H,5H2,1H3,(H,13,14). The van der Waals surface area contributed by atoms with E-state index in [1.54, 1.807) is 0 Å². The Morgan fingerprint density at radius 3 is 2.79 bits per heavy atom. The van der Waals surface area contributed by atoms with Crippen LogP contribution in [0.4, 0.5) is 0 Å². The molecule has 1 aromatic heterocycles. The summed E-state index contributed by atoms with van der Waals surface area (Å²) in [7, 11) is 1.22. The zero-order chi connectivity index (χ0) is 14.0. The van der Waals surface area contributed by atoms with Gasteiger partial charge < -0.3 is 24.1 Å². The zero-order valence-electron chi connectivity index (χ0n) is 9.87. The number of hydrogen-bond donors (Lipinski definition) is 2. The molecule has 100 valence electrons. The molecule has 0 bridgehead atoms. The second kappa shape index (κ2) is 4.89. The molecule has 0 aliphatic rings. The summed E-state index contributed by atoms with van der Waals surface area (Å²) < 4.78 is 14.7. The largest absolute Gasteiger partial charge is 0.504 e. The average Bonchev–Trinajstić information content (AvgIpc) is 2.37. The summed E-state index contributed by atoms with van der Waals surface area (Å²) in [5.74, 6) is -1.82. The highest BCUT2D eigenvalue weighted by Gasteiger charge is 2.17. The van der Waals surface area contributed by atoms with E-state index in [0.717, 1.165) is 0 Å². The van der Waals surface area contributed by atoms with E-state index < -0.39 is 18.2 Å². The highest BCUT2D eigenvalue weighted by Crippen LogP contribution is 2.35. The van der Waals surface area contributed by atoms with Gasteiger partial charge in [0.05, 0.1) is 12.5 Å². The van der Waals surface area contributed by atoms with Crippen LogP contribution in [0.1, 0.15) is 0 Å². The van der Waals surface area contributed by atoms with Crippen LogP contribution in [-0.2, 0) is 4.79 Å². The zero-order valence-corrected chi connectivity index (χ0v) is 9.87. The molecule has 0 amide bonds. The fourth-order valence-electron chi connectivity index (χ4n) is 1.60. The summed E-state index contributed by atoms with van der Waals surface area (Å²) in [5.41, 5.74) is -0.911. The van der Waals surface area contributed by atoms with Crippen LogP contribution >= 0.6 is 0 Å². The molecular weight excluding hydrogens is 256 g/mol. The van der Waals surface area contributed by atoms with Crippen LogP contribution in [0.15, 0.2) is 27.4 Å². The van der Waals surface area contributed by atoms with Gasteiger partial charge in [0.15, 0.2) is 23.7 Å². The molecule has 1 aromatic carbocycles. The van der Waals surface area contributed by atoms with Crippen molar-refractivity contribution >= 4 is 16.9 Å². The van der Waals surface area contributed by atoms with Crippen molar-refractivity contribution in [3.05, 3.63) is 28.6 Å². The predicted octanol–water partition coefficient (Wildman–Crippen LogP) is 0.971. The number of fused-ring (bicyclic) bond motifs is 1. The third-order valence-corrected chi connectivity index (χ3v) is 2.38. The predicted molar refractivity (Wildman–Crippen MR) is 63.8 cm³/mol. The Morgan fingerprint density at radius 2 is 2.16 bits per heavy atom. The molecular formula is C12H10O7. The summed E-state index contributed by atoms with van der Waals surface area (Å²) in [6, 6.07) is 4.45. The summed E-state index contributed by atoms with van der Waals surface area (Å²) in [4.78, 5) is 22.0. The van der Waals surface area contributed by atoms with Crippen LogP contribution in [-0.4, -0.2) is 29.9 Å². The Morgan fingerprint density at radius 1 is 1.42 bits per heavy atom. The van der Waals surface area contributed by atoms with E-state index in [9.17, 15) is 14.7 Å². The van der Waals surface area contributed by atoms with E-state index in [0.29, 0.717) is 0 Å². The molecule has 7 nitrogen and oxygen atoms in total. The minimum absolute atomic E-state index is 0.0351. The van der Waals surface area contributed by atoms with Gasteiger partial charge in [0.1, 0.15) is 0 Å². The lowest BCUT2D eigenvalue weighted by Gasteiger charge is -2.08. The van der Waals surface area contributed by atoms with E-state index in [4.69, 9.17) is 19.0 Å². The summed E-state index contributed by atoms with van der Waals surface area (Å²) in [6.07, 6.45) is 0. The molecule has 0 aliphatic heterocycles. The molecule has 19 heavy (non-hydrogen) atoms. The van der Waals surface area contributed by atoms with Gasteiger partial charge in [-0.05, 0) is 12.1 Å². The molecule has 0 fully saturated rings. The average molecular weight is 266 g/mol. The number of para-hydroxylation sites is 1. The molecule has 0 radical (unpaired) electrons. The molecule has 0 atom stereocenters. The quantitative estimate of drug-likeness (QED) is 0.794. The molecule has 7 heteroatoms. The van der Waals surface area contributed by atoms with Gasteiger partial charge >= 0.3 is 11.6 Å². The molecule has 2 aromatic rings. The number of carboxylic acid groups (broad SMARTS) is 1. The second-order valence-corrected chi connectivity index (χ2v) is 3.59. The molecule has 0 saturated heterocycles. The monoisotopic (exact) mass is 266 g/mol. The maximum atomic E-state index is 11.6. The van der Waals surface area contributed by atoms with E-state index in [-0.39, 0.29) is 28.2 Å². The minimum atomic E-state index is -1.17. The van der Waals surface area contributed by atoms with Crippen molar-refractivity contribution in [1.29, 1.82) is 0 Å². The Hall–Kier alpha value is -2.70. The summed E-state index contributed by atoms with van der Waals surface area (Å²) in [5, 5.41) is 18.6. The molecule has 0 saturated carbocycles. The number of methoxy groups -OCH3 is 1. The van der Waals surface area contributed by atoms with Crippen LogP contribution in [0, 0.1) is 0 Å². The fraction of sp³-hybridized carbons (Fsp3) is 0.167. The number of carbonyl (C=O) groups is 1. The normalized spacial score (nSPS) is 10.4. The molecule has 2 N–H and O–H groups in total. The van der Waals surface area contributed by atoms with Gasteiger partial charge in [-0.15, -0.1) is 0 Å². The van der Waals surface area contributed by atoms with E-state index in [1.165, 1.54) is 25.3 Å². The number of benzene rings is 1. The maximum absolute atomic E-state index is 11.6. The Labute approximate surface area is 106 Å². The SMILES string of the molecule is COc1c(O)c2cccc(OCC(=O)O)c2oc1=O. The van der Waals surface area contributed by atoms with Crippen molar-refractivity contribution in [2.75, 3.05) is 13.7 Å². The smallest absolute Gasteiger partial charge is 0.383 e. The van der Waals surface area contributed by atoms with Crippen LogP contribution in [0.5, 0.6) is 17.2 Å². The Bertz CT molecular complexity index is 686. The van der Waals surface area contributed by atoms with Gasteiger partial charge in [0.2, 0.25) is 5.75 Å². The third kappa shape index (κ3) is 2.30. The number of aliphatic carboxylic acids is 1. The van der Waals surface area contributed by atoms with Gasteiger partial charge in [-0.1, -0.05) is 6.07 Å². The van der Waals surface area contributed by atoms with Gasteiger partial charge in [0, 0.05) is 0 Å². The number of rotatable bonds is 4. The molecule has 0 aliphatic carbocycles. The highest BCUT2D eigenvalue weighted by atomic mass is 16.5. The van der Waals surface area contributed by atoms with Gasteiger partial charge in [-0.2, -0.15) is 0 Å². The van der Waals surface area contributed by atoms with Crippen molar-refractivity contribution in [3.8, 4) is 17.2 Å². The maximum Gasteiger partial charge on any atom is 0.383 e. The number of hydrogen-bond acceptors (Lipinski definition) is 6. The van der Waals surface area contributed by atoms with E-state index >= 15 is 0 Å². The van der Waals surface area contributed by atoms with Crippen LogP contribution in [0.25, 0.3) is 11.0 Å². The molecule has 0 unspecified atom stereocenters. The Kier molecular flexibility index (Phi) is 3.28. The van der Waals surface area contributed by atoms with Gasteiger partial charge in [-0.3, -0.25) is 0 Å². The lowest BCUT2D eigenvalue weighted by molar-refractivity contribution is -0.139. The number of ether oxygens (including phenoxy) is 2. The molecule has 0 spiro atoms. The van der Waals surface area contributed by atoms with Crippen molar-refractivity contribution < 1.29 is 28.9 Å². The van der Waals surface area contributed by atoms with Crippen molar-refractivity contribution in [1.82, 2.24) is 0 Å². The highest BCUT2D eigenvalue weighted by molar-refractivity contribution is 5.89. The van der Waals surface area contributed by atoms with Crippen molar-refractivity contribution in [2.24, 2.45) is 0 Å². The van der Waals surface area contributed by atoms with E-state index in [1.807, 2.05) is 0 Å². The first-order valence-electron chi connectivity index (χ1n) is 5.22. The summed E-state index contributed by atoms with van der Waals surface area (Å²) >= 11 is 0. The van der Waals surface area contributed by atoms with Gasteiger partial charge in [-0.25, -0.2) is 9.59 Å².